The maximum atomic E-state index is 11.4. The molecule has 14 heavy (non-hydrogen) atoms. The first-order valence-corrected chi connectivity index (χ1v) is 4.73. The number of likely N-dealkylation sites (N-methyl/N-ethyl adjacent to an activating group) is 1. The molecular formula is C10H18N2O2. The van der Waals surface area contributed by atoms with Crippen molar-refractivity contribution < 1.29 is 9.90 Å². The van der Waals surface area contributed by atoms with Gasteiger partial charge in [0.25, 0.3) is 0 Å². The first kappa shape index (κ1) is 12.9. The quantitative estimate of drug-likeness (QED) is 0.562. The third kappa shape index (κ3) is 4.26. The molecule has 1 unspecified atom stereocenters. The maximum absolute atomic E-state index is 11.4. The predicted octanol–water partition coefficient (Wildman–Crippen LogP) is -0.561. The summed E-state index contributed by atoms with van der Waals surface area (Å²) < 4.78 is 0. The molecule has 4 heteroatoms. The Hall–Kier alpha value is -1.05. The summed E-state index contributed by atoms with van der Waals surface area (Å²) in [6.07, 6.45) is 5.03. The highest BCUT2D eigenvalue weighted by atomic mass is 16.3. The summed E-state index contributed by atoms with van der Waals surface area (Å²) in [6.45, 7) is 5.28. The molecule has 0 aliphatic carbocycles. The molecule has 0 aromatic heterocycles. The van der Waals surface area contributed by atoms with Crippen LogP contribution in [0.2, 0.25) is 0 Å². The van der Waals surface area contributed by atoms with Gasteiger partial charge in [-0.1, -0.05) is 12.8 Å². The minimum atomic E-state index is -0.250. The van der Waals surface area contributed by atoms with E-state index in [-0.39, 0.29) is 25.1 Å². The number of hydrogen-bond donors (Lipinski definition) is 2. The molecule has 80 valence electrons. The van der Waals surface area contributed by atoms with Crippen LogP contribution in [0, 0.1) is 12.3 Å². The molecule has 0 spiro atoms. The highest BCUT2D eigenvalue weighted by Gasteiger charge is 2.18. The summed E-state index contributed by atoms with van der Waals surface area (Å²) in [5.41, 5.74) is 0. The Balaban J connectivity index is 4.06. The fourth-order valence-corrected chi connectivity index (χ4v) is 1.21. The molecule has 0 aromatic carbocycles. The van der Waals surface area contributed by atoms with Gasteiger partial charge in [0.1, 0.15) is 0 Å². The molecule has 0 radical (unpaired) electrons. The van der Waals surface area contributed by atoms with E-state index in [0.717, 1.165) is 6.54 Å². The Kier molecular flexibility index (Phi) is 6.81. The van der Waals surface area contributed by atoms with Crippen molar-refractivity contribution in [3.63, 3.8) is 0 Å². The molecule has 0 rings (SSSR count). The van der Waals surface area contributed by atoms with Crippen LogP contribution in [0.1, 0.15) is 13.8 Å². The lowest BCUT2D eigenvalue weighted by molar-refractivity contribution is -0.125. The van der Waals surface area contributed by atoms with Crippen molar-refractivity contribution in [3.05, 3.63) is 0 Å². The normalized spacial score (nSPS) is 12.2. The van der Waals surface area contributed by atoms with E-state index in [0.29, 0.717) is 6.54 Å². The number of aliphatic hydroxyl groups is 1. The van der Waals surface area contributed by atoms with E-state index in [1.165, 1.54) is 0 Å². The fraction of sp³-hybridized carbons (Fsp3) is 0.700. The Labute approximate surface area is 85.3 Å². The van der Waals surface area contributed by atoms with Gasteiger partial charge in [-0.25, -0.2) is 0 Å². The molecule has 0 fully saturated rings. The van der Waals surface area contributed by atoms with Gasteiger partial charge in [0.05, 0.1) is 19.2 Å². The van der Waals surface area contributed by atoms with E-state index in [1.54, 1.807) is 6.92 Å². The third-order valence-electron chi connectivity index (χ3n) is 2.09. The minimum Gasteiger partial charge on any atom is -0.395 e. The van der Waals surface area contributed by atoms with Gasteiger partial charge < -0.3 is 10.4 Å². The molecular weight excluding hydrogens is 180 g/mol. The predicted molar refractivity (Wildman–Crippen MR) is 55.6 cm³/mol. The molecule has 0 bridgehead atoms. The largest absolute Gasteiger partial charge is 0.395 e. The number of carbonyl (C=O) groups is 1. The van der Waals surface area contributed by atoms with Gasteiger partial charge in [0.2, 0.25) is 5.91 Å². The lowest BCUT2D eigenvalue weighted by atomic mass is 10.2. The summed E-state index contributed by atoms with van der Waals surface area (Å²) in [4.78, 5) is 13.3. The second-order valence-corrected chi connectivity index (χ2v) is 2.95. The first-order chi connectivity index (χ1) is 6.67. The number of aliphatic hydroxyl groups excluding tert-OH is 1. The van der Waals surface area contributed by atoms with Crippen molar-refractivity contribution in [3.8, 4) is 12.3 Å². The molecule has 0 saturated heterocycles. The molecule has 0 aromatic rings. The zero-order valence-corrected chi connectivity index (χ0v) is 8.79. The molecule has 0 saturated carbocycles. The maximum Gasteiger partial charge on any atom is 0.237 e. The first-order valence-electron chi connectivity index (χ1n) is 4.73. The number of rotatable bonds is 6. The average molecular weight is 198 g/mol. The zero-order valence-electron chi connectivity index (χ0n) is 8.79. The van der Waals surface area contributed by atoms with Crippen LogP contribution in [0.3, 0.4) is 0 Å². The van der Waals surface area contributed by atoms with Gasteiger partial charge >= 0.3 is 0 Å². The van der Waals surface area contributed by atoms with Crippen molar-refractivity contribution in [2.75, 3.05) is 26.2 Å². The van der Waals surface area contributed by atoms with Gasteiger partial charge in [-0.05, 0) is 13.5 Å². The summed E-state index contributed by atoms with van der Waals surface area (Å²) in [7, 11) is 0. The fourth-order valence-electron chi connectivity index (χ4n) is 1.21. The van der Waals surface area contributed by atoms with Gasteiger partial charge in [0.15, 0.2) is 0 Å². The number of nitrogens with one attached hydrogen (secondary N) is 1. The highest BCUT2D eigenvalue weighted by Crippen LogP contribution is 1.97. The molecule has 0 aliphatic heterocycles. The summed E-state index contributed by atoms with van der Waals surface area (Å²) in [5.74, 6) is 2.24. The summed E-state index contributed by atoms with van der Waals surface area (Å²) in [5, 5.41) is 11.4. The Morgan fingerprint density at radius 1 is 1.71 bits per heavy atom. The molecule has 0 aliphatic rings. The SMILES string of the molecule is C#CCNC(=O)C(C)N(CC)CCO. The van der Waals surface area contributed by atoms with Crippen LogP contribution in [0.15, 0.2) is 0 Å². The van der Waals surface area contributed by atoms with E-state index in [2.05, 4.69) is 11.2 Å². The number of hydrogen-bond acceptors (Lipinski definition) is 3. The van der Waals surface area contributed by atoms with Gasteiger partial charge in [0, 0.05) is 6.54 Å². The number of carbonyl (C=O) groups excluding carboxylic acids is 1. The smallest absolute Gasteiger partial charge is 0.237 e. The van der Waals surface area contributed by atoms with Crippen LogP contribution < -0.4 is 5.32 Å². The third-order valence-corrected chi connectivity index (χ3v) is 2.09. The van der Waals surface area contributed by atoms with Gasteiger partial charge in [-0.15, -0.1) is 6.42 Å². The van der Waals surface area contributed by atoms with E-state index in [1.807, 2.05) is 11.8 Å². The lowest BCUT2D eigenvalue weighted by Gasteiger charge is -2.25. The van der Waals surface area contributed by atoms with Crippen LogP contribution in [-0.4, -0.2) is 48.2 Å². The van der Waals surface area contributed by atoms with Crippen molar-refractivity contribution in [1.82, 2.24) is 10.2 Å². The monoisotopic (exact) mass is 198 g/mol. The number of amides is 1. The molecule has 2 N–H and O–H groups in total. The molecule has 1 atom stereocenters. The molecule has 4 nitrogen and oxygen atoms in total. The highest BCUT2D eigenvalue weighted by molar-refractivity contribution is 5.81. The van der Waals surface area contributed by atoms with Crippen LogP contribution in [0.4, 0.5) is 0 Å². The second kappa shape index (κ2) is 7.36. The number of terminal acetylenes is 1. The average Bonchev–Trinajstić information content (AvgIpc) is 2.21. The van der Waals surface area contributed by atoms with Crippen LogP contribution >= 0.6 is 0 Å². The van der Waals surface area contributed by atoms with E-state index in [9.17, 15) is 4.79 Å². The number of nitrogens with zero attached hydrogens (tertiary/aromatic N) is 1. The van der Waals surface area contributed by atoms with Crippen molar-refractivity contribution in [2.24, 2.45) is 0 Å². The summed E-state index contributed by atoms with van der Waals surface area (Å²) in [6, 6.07) is -0.250. The Morgan fingerprint density at radius 3 is 2.79 bits per heavy atom. The van der Waals surface area contributed by atoms with Crippen LogP contribution in [0.25, 0.3) is 0 Å². The van der Waals surface area contributed by atoms with E-state index >= 15 is 0 Å². The Morgan fingerprint density at radius 2 is 2.36 bits per heavy atom. The molecule has 0 heterocycles. The van der Waals surface area contributed by atoms with Crippen molar-refractivity contribution in [1.29, 1.82) is 0 Å². The zero-order chi connectivity index (χ0) is 11.0. The lowest BCUT2D eigenvalue weighted by Crippen LogP contribution is -2.46. The van der Waals surface area contributed by atoms with Crippen molar-refractivity contribution in [2.45, 2.75) is 19.9 Å². The second-order valence-electron chi connectivity index (χ2n) is 2.95. The standard InChI is InChI=1S/C10H18N2O2/c1-4-6-11-10(14)9(3)12(5-2)7-8-13/h1,9,13H,5-8H2,2-3H3,(H,11,14). The summed E-state index contributed by atoms with van der Waals surface area (Å²) >= 11 is 0. The minimum absolute atomic E-state index is 0.0561. The van der Waals surface area contributed by atoms with Crippen molar-refractivity contribution >= 4 is 5.91 Å². The Bertz CT molecular complexity index is 211. The molecule has 1 amide bonds. The van der Waals surface area contributed by atoms with E-state index in [4.69, 9.17) is 11.5 Å². The van der Waals surface area contributed by atoms with Crippen LogP contribution in [0.5, 0.6) is 0 Å². The topological polar surface area (TPSA) is 52.6 Å². The van der Waals surface area contributed by atoms with Gasteiger partial charge in [-0.2, -0.15) is 0 Å². The van der Waals surface area contributed by atoms with Gasteiger partial charge in [-0.3, -0.25) is 9.69 Å². The van der Waals surface area contributed by atoms with E-state index < -0.39 is 0 Å². The van der Waals surface area contributed by atoms with Crippen LogP contribution in [-0.2, 0) is 4.79 Å².